The summed E-state index contributed by atoms with van der Waals surface area (Å²) in [5.74, 6) is 0. The van der Waals surface area contributed by atoms with E-state index in [4.69, 9.17) is 4.41 Å². The van der Waals surface area contributed by atoms with Gasteiger partial charge in [-0.2, -0.15) is 0 Å². The van der Waals surface area contributed by atoms with Crippen LogP contribution in [-0.2, 0) is 0 Å². The van der Waals surface area contributed by atoms with Crippen LogP contribution in [0, 0.1) is 0 Å². The van der Waals surface area contributed by atoms with Crippen LogP contribution in [0.1, 0.15) is 20.8 Å². The van der Waals surface area contributed by atoms with Crippen molar-refractivity contribution in [2.45, 2.75) is 40.4 Å². The van der Waals surface area contributed by atoms with Gasteiger partial charge in [-0.3, -0.25) is 0 Å². The van der Waals surface area contributed by atoms with E-state index in [-0.39, 0.29) is 0 Å². The van der Waals surface area contributed by atoms with Crippen molar-refractivity contribution in [1.82, 2.24) is 0 Å². The molecule has 3 heteroatoms. The van der Waals surface area contributed by atoms with Gasteiger partial charge < -0.3 is 4.41 Å². The van der Waals surface area contributed by atoms with Gasteiger partial charge in [0.25, 0.3) is 0 Å². The van der Waals surface area contributed by atoms with Crippen LogP contribution in [0.15, 0.2) is 4.41 Å². The highest BCUT2D eigenvalue weighted by Gasteiger charge is 2.18. The average molecular weight is 205 g/mol. The molecule has 0 unspecified atom stereocenters. The molecule has 0 aliphatic rings. The molecule has 0 bridgehead atoms. The molecule has 0 N–H and O–H groups in total. The Kier molecular flexibility index (Phi) is 4.79. The number of nitrogens with zero attached hydrogens (tertiary/aromatic N) is 1. The smallest absolute Gasteiger partial charge is 0.170 e. The normalized spacial score (nSPS) is 13.2. The largest absolute Gasteiger partial charge is 0.338 e. The minimum atomic E-state index is -1.18. The van der Waals surface area contributed by atoms with Gasteiger partial charge in [-0.25, -0.2) is 0 Å². The first-order valence-electron chi connectivity index (χ1n) is 4.99. The first kappa shape index (κ1) is 12.4. The summed E-state index contributed by atoms with van der Waals surface area (Å²) in [6.07, 6.45) is 3.93. The molecule has 0 rings (SSSR count). The summed E-state index contributed by atoms with van der Waals surface area (Å²) in [5.41, 5.74) is 0. The van der Waals surface area contributed by atoms with E-state index in [1.807, 2.05) is 0 Å². The Balaban J connectivity index is 4.82. The lowest BCUT2D eigenvalue weighted by Gasteiger charge is -2.25. The van der Waals surface area contributed by atoms with Crippen LogP contribution in [0.3, 0.4) is 0 Å². The predicted octanol–water partition coefficient (Wildman–Crippen LogP) is 4.08. The van der Waals surface area contributed by atoms with Crippen LogP contribution in [0.5, 0.6) is 0 Å². The molecule has 0 aromatic heterocycles. The molecule has 0 amide bonds. The molecule has 0 aliphatic heterocycles. The molecule has 74 valence electrons. The van der Waals surface area contributed by atoms with Gasteiger partial charge in [0.2, 0.25) is 0 Å². The van der Waals surface area contributed by atoms with Crippen molar-refractivity contribution in [3.63, 3.8) is 0 Å². The van der Waals surface area contributed by atoms with Gasteiger partial charge in [-0.15, -0.1) is 0 Å². The predicted molar refractivity (Wildman–Crippen MR) is 64.3 cm³/mol. The van der Waals surface area contributed by atoms with Gasteiger partial charge in [-0.05, 0) is 25.5 Å². The highest BCUT2D eigenvalue weighted by molar-refractivity contribution is 7.67. The summed E-state index contributed by atoms with van der Waals surface area (Å²) >= 11 is 0. The molecule has 12 heavy (non-hydrogen) atoms. The van der Waals surface area contributed by atoms with Crippen LogP contribution < -0.4 is 0 Å². The molecular formula is C9H24NPSi. The van der Waals surface area contributed by atoms with Crippen molar-refractivity contribution >= 4 is 15.3 Å². The highest BCUT2D eigenvalue weighted by Crippen LogP contribution is 2.49. The molecule has 0 aromatic carbocycles. The quantitative estimate of drug-likeness (QED) is 0.484. The Morgan fingerprint density at radius 1 is 0.917 bits per heavy atom. The third-order valence-corrected chi connectivity index (χ3v) is 9.91. The van der Waals surface area contributed by atoms with E-state index < -0.39 is 15.3 Å². The van der Waals surface area contributed by atoms with Gasteiger partial charge in [0.15, 0.2) is 8.24 Å². The van der Waals surface area contributed by atoms with Crippen molar-refractivity contribution in [2.24, 2.45) is 4.41 Å². The van der Waals surface area contributed by atoms with Crippen LogP contribution >= 0.6 is 7.05 Å². The highest BCUT2D eigenvalue weighted by atomic mass is 31.2. The van der Waals surface area contributed by atoms with Crippen LogP contribution in [0.25, 0.3) is 0 Å². The zero-order chi connectivity index (χ0) is 9.83. The average Bonchev–Trinajstić information content (AvgIpc) is 1.99. The first-order valence-corrected chi connectivity index (χ1v) is 10.7. The number of hydrogen-bond donors (Lipinski definition) is 0. The van der Waals surface area contributed by atoms with E-state index in [0.29, 0.717) is 0 Å². The lowest BCUT2D eigenvalue weighted by molar-refractivity contribution is 1.31. The van der Waals surface area contributed by atoms with Crippen molar-refractivity contribution in [2.75, 3.05) is 18.5 Å². The summed E-state index contributed by atoms with van der Waals surface area (Å²) in [6, 6.07) is 0. The zero-order valence-corrected chi connectivity index (χ0v) is 11.4. The third kappa shape index (κ3) is 3.91. The molecule has 1 nitrogen and oxygen atoms in total. The Morgan fingerprint density at radius 3 is 1.33 bits per heavy atom. The second-order valence-electron chi connectivity index (χ2n) is 4.31. The Labute approximate surface area is 79.1 Å². The summed E-state index contributed by atoms with van der Waals surface area (Å²) in [5, 5.41) is 0. The Bertz CT molecular complexity index is 162. The standard InChI is InChI=1S/C9H24NPSi/c1-7-11(8-2,9-3)10-12(4,5)6/h7-9H2,1-6H3. The summed E-state index contributed by atoms with van der Waals surface area (Å²) in [4.78, 5) is 0. The van der Waals surface area contributed by atoms with Gasteiger partial charge >= 0.3 is 0 Å². The van der Waals surface area contributed by atoms with E-state index in [0.717, 1.165) is 0 Å². The first-order chi connectivity index (χ1) is 5.39. The van der Waals surface area contributed by atoms with Crippen molar-refractivity contribution in [3.8, 4) is 0 Å². The summed E-state index contributed by atoms with van der Waals surface area (Å²) in [6.45, 7) is 14.0. The monoisotopic (exact) mass is 205 g/mol. The van der Waals surface area contributed by atoms with Gasteiger partial charge in [0.05, 0.1) is 0 Å². The van der Waals surface area contributed by atoms with Gasteiger partial charge in [-0.1, -0.05) is 40.4 Å². The Hall–Kier alpha value is 0.447. The molecule has 0 aliphatic carbocycles. The van der Waals surface area contributed by atoms with Crippen molar-refractivity contribution < 1.29 is 0 Å². The third-order valence-electron chi connectivity index (χ3n) is 2.28. The molecule has 0 fully saturated rings. The fraction of sp³-hybridized carbons (Fsp3) is 1.00. The lowest BCUT2D eigenvalue weighted by Crippen LogP contribution is -2.17. The fourth-order valence-electron chi connectivity index (χ4n) is 1.52. The maximum absolute atomic E-state index is 5.15. The molecule has 0 heterocycles. The molecule has 0 saturated heterocycles. The van der Waals surface area contributed by atoms with Gasteiger partial charge in [0.1, 0.15) is 0 Å². The lowest BCUT2D eigenvalue weighted by atomic mass is 10.9. The number of rotatable bonds is 4. The van der Waals surface area contributed by atoms with E-state index in [1.165, 1.54) is 18.5 Å². The summed E-state index contributed by atoms with van der Waals surface area (Å²) in [7, 11) is -2.05. The zero-order valence-electron chi connectivity index (χ0n) is 9.52. The molecule has 0 atom stereocenters. The van der Waals surface area contributed by atoms with Crippen molar-refractivity contribution in [1.29, 1.82) is 0 Å². The molecular weight excluding hydrogens is 181 g/mol. The van der Waals surface area contributed by atoms with Crippen molar-refractivity contribution in [3.05, 3.63) is 0 Å². The molecule has 0 aromatic rings. The molecule has 0 saturated carbocycles. The number of hydrogen-bond acceptors (Lipinski definition) is 1. The van der Waals surface area contributed by atoms with Gasteiger partial charge in [0, 0.05) is 0 Å². The second kappa shape index (κ2) is 4.62. The minimum absolute atomic E-state index is 0.874. The van der Waals surface area contributed by atoms with Crippen LogP contribution in [-0.4, -0.2) is 26.7 Å². The molecule has 0 spiro atoms. The van der Waals surface area contributed by atoms with E-state index in [1.54, 1.807) is 0 Å². The van der Waals surface area contributed by atoms with E-state index in [9.17, 15) is 0 Å². The van der Waals surface area contributed by atoms with E-state index >= 15 is 0 Å². The SMILES string of the molecule is CCP(CC)(CC)=N[Si](C)(C)C. The van der Waals surface area contributed by atoms with Crippen LogP contribution in [0.2, 0.25) is 19.6 Å². The van der Waals surface area contributed by atoms with E-state index in [2.05, 4.69) is 40.4 Å². The fourth-order valence-corrected chi connectivity index (χ4v) is 9.65. The Morgan fingerprint density at radius 2 is 1.25 bits per heavy atom. The topological polar surface area (TPSA) is 12.4 Å². The second-order valence-corrected chi connectivity index (χ2v) is 13.5. The van der Waals surface area contributed by atoms with Crippen LogP contribution in [0.4, 0.5) is 0 Å². The minimum Gasteiger partial charge on any atom is -0.338 e. The summed E-state index contributed by atoms with van der Waals surface area (Å²) < 4.78 is 5.15. The maximum atomic E-state index is 5.15. The maximum Gasteiger partial charge on any atom is 0.170 e. The molecule has 0 radical (unpaired) electrons.